The van der Waals surface area contributed by atoms with Crippen molar-refractivity contribution in [3.8, 4) is 0 Å². The second kappa shape index (κ2) is 11.6. The molecule has 2 aromatic heterocycles. The molecular formula is C32H24Cl3N3O3S. The zero-order valence-electron chi connectivity index (χ0n) is 22.6. The van der Waals surface area contributed by atoms with Crippen molar-refractivity contribution in [1.82, 2.24) is 9.13 Å². The van der Waals surface area contributed by atoms with Crippen molar-refractivity contribution in [2.45, 2.75) is 26.4 Å². The highest BCUT2D eigenvalue weighted by molar-refractivity contribution is 7.07. The average Bonchev–Trinajstić information content (AvgIpc) is 3.46. The number of carbonyl (C=O) groups excluding carboxylic acids is 1. The number of benzene rings is 3. The Morgan fingerprint density at radius 3 is 2.52 bits per heavy atom. The molecule has 0 fully saturated rings. The zero-order valence-corrected chi connectivity index (χ0v) is 25.7. The summed E-state index contributed by atoms with van der Waals surface area (Å²) in [5.74, 6) is -0.503. The molecule has 0 amide bonds. The predicted molar refractivity (Wildman–Crippen MR) is 169 cm³/mol. The molecule has 0 spiro atoms. The molecule has 3 aromatic carbocycles. The zero-order chi connectivity index (χ0) is 29.5. The lowest BCUT2D eigenvalue weighted by molar-refractivity contribution is -0.139. The van der Waals surface area contributed by atoms with Gasteiger partial charge in [-0.05, 0) is 61.4 Å². The molecule has 0 radical (unpaired) electrons. The summed E-state index contributed by atoms with van der Waals surface area (Å²) in [4.78, 5) is 32.3. The molecular weight excluding hydrogens is 613 g/mol. The van der Waals surface area contributed by atoms with Crippen LogP contribution in [-0.4, -0.2) is 21.7 Å². The van der Waals surface area contributed by atoms with Crippen LogP contribution in [0.4, 0.5) is 0 Å². The number of hydrogen-bond donors (Lipinski definition) is 0. The number of rotatable bonds is 6. The van der Waals surface area contributed by atoms with Gasteiger partial charge in [0.25, 0.3) is 5.56 Å². The van der Waals surface area contributed by atoms with Crippen molar-refractivity contribution in [3.63, 3.8) is 0 Å². The summed E-state index contributed by atoms with van der Waals surface area (Å²) in [6.45, 7) is 4.25. The molecule has 212 valence electrons. The van der Waals surface area contributed by atoms with Crippen molar-refractivity contribution >= 4 is 69.1 Å². The molecule has 6 nitrogen and oxygen atoms in total. The van der Waals surface area contributed by atoms with Gasteiger partial charge in [-0.1, -0.05) is 82.5 Å². The molecule has 3 heterocycles. The highest BCUT2D eigenvalue weighted by Crippen LogP contribution is 2.32. The summed E-state index contributed by atoms with van der Waals surface area (Å²) < 4.78 is 9.55. The minimum Gasteiger partial charge on any atom is -0.463 e. The fraction of sp³-hybridized carbons (Fsp3) is 0.156. The first-order valence-electron chi connectivity index (χ1n) is 13.2. The van der Waals surface area contributed by atoms with Crippen LogP contribution in [0.25, 0.3) is 17.0 Å². The number of para-hydroxylation sites is 1. The Labute approximate surface area is 260 Å². The maximum atomic E-state index is 14.1. The minimum absolute atomic E-state index is 0.207. The van der Waals surface area contributed by atoms with E-state index in [1.165, 1.54) is 11.3 Å². The Hall–Kier alpha value is -3.62. The molecule has 0 aliphatic carbocycles. The number of aromatic nitrogens is 2. The molecule has 0 bridgehead atoms. The second-order valence-corrected chi connectivity index (χ2v) is 12.1. The minimum atomic E-state index is -0.701. The Bertz CT molecular complexity index is 2070. The van der Waals surface area contributed by atoms with E-state index in [1.54, 1.807) is 36.6 Å². The van der Waals surface area contributed by atoms with E-state index >= 15 is 0 Å². The van der Waals surface area contributed by atoms with E-state index in [1.807, 2.05) is 60.8 Å². The number of allylic oxidation sites excluding steroid dienone is 1. The number of ether oxygens (including phenoxy) is 1. The summed E-state index contributed by atoms with van der Waals surface area (Å²) in [6, 6.07) is 19.9. The molecule has 1 aliphatic heterocycles. The van der Waals surface area contributed by atoms with Crippen LogP contribution in [0, 0.1) is 0 Å². The first kappa shape index (κ1) is 28.5. The summed E-state index contributed by atoms with van der Waals surface area (Å²) in [5, 5.41) is 2.72. The van der Waals surface area contributed by atoms with Crippen molar-refractivity contribution < 1.29 is 9.53 Å². The van der Waals surface area contributed by atoms with Gasteiger partial charge in [0.1, 0.15) is 0 Å². The summed E-state index contributed by atoms with van der Waals surface area (Å²) >= 11 is 20.0. The average molecular weight is 637 g/mol. The Morgan fingerprint density at radius 2 is 1.79 bits per heavy atom. The standard InChI is InChI=1S/C32H24Cl3N3O3S/c1-3-41-31(40)28-18(2)36-32-38(29(28)19-8-11-22(33)12-9-19)30(39)27(42-32)14-21-17-37(26-7-5-4-6-24(21)26)16-20-10-13-23(34)15-25(20)35/h4-15,17,29H,3,16H2,1-2H3/b27-14-/t29-/m1/s1. The third kappa shape index (κ3) is 5.22. The topological polar surface area (TPSA) is 65.6 Å². The van der Waals surface area contributed by atoms with E-state index in [9.17, 15) is 9.59 Å². The van der Waals surface area contributed by atoms with Crippen LogP contribution < -0.4 is 14.9 Å². The summed E-state index contributed by atoms with van der Waals surface area (Å²) in [6.07, 6.45) is 3.90. The van der Waals surface area contributed by atoms with Crippen LogP contribution in [0.2, 0.25) is 15.1 Å². The number of nitrogens with zero attached hydrogens (tertiary/aromatic N) is 3. The molecule has 0 saturated heterocycles. The van der Waals surface area contributed by atoms with Crippen LogP contribution in [0.5, 0.6) is 0 Å². The number of carbonyl (C=O) groups is 1. The lowest BCUT2D eigenvalue weighted by atomic mass is 9.96. The molecule has 0 N–H and O–H groups in total. The first-order chi connectivity index (χ1) is 20.2. The molecule has 0 unspecified atom stereocenters. The Morgan fingerprint density at radius 1 is 1.05 bits per heavy atom. The van der Waals surface area contributed by atoms with Gasteiger partial charge in [0.05, 0.1) is 28.5 Å². The fourth-order valence-electron chi connectivity index (χ4n) is 5.25. The van der Waals surface area contributed by atoms with Crippen LogP contribution in [0.3, 0.4) is 0 Å². The number of halogens is 3. The third-order valence-electron chi connectivity index (χ3n) is 7.16. The number of fused-ring (bicyclic) bond motifs is 2. The molecule has 6 rings (SSSR count). The van der Waals surface area contributed by atoms with Crippen molar-refractivity contribution in [2.75, 3.05) is 6.61 Å². The van der Waals surface area contributed by atoms with Crippen LogP contribution in [-0.2, 0) is 16.1 Å². The van der Waals surface area contributed by atoms with Crippen LogP contribution >= 0.6 is 46.1 Å². The largest absolute Gasteiger partial charge is 0.463 e. The van der Waals surface area contributed by atoms with Crippen molar-refractivity contribution in [2.24, 2.45) is 4.99 Å². The Balaban J connectivity index is 1.51. The smallest absolute Gasteiger partial charge is 0.338 e. The van der Waals surface area contributed by atoms with Crippen LogP contribution in [0.1, 0.15) is 36.6 Å². The summed E-state index contributed by atoms with van der Waals surface area (Å²) in [7, 11) is 0. The molecule has 1 atom stereocenters. The van der Waals surface area contributed by atoms with Gasteiger partial charge in [-0.25, -0.2) is 9.79 Å². The van der Waals surface area contributed by atoms with Gasteiger partial charge in [-0.2, -0.15) is 0 Å². The third-order valence-corrected chi connectivity index (χ3v) is 8.99. The van der Waals surface area contributed by atoms with Crippen molar-refractivity contribution in [3.05, 3.63) is 136 Å². The van der Waals surface area contributed by atoms with Crippen LogP contribution in [0.15, 0.2) is 94.0 Å². The maximum absolute atomic E-state index is 14.1. The maximum Gasteiger partial charge on any atom is 0.338 e. The monoisotopic (exact) mass is 635 g/mol. The van der Waals surface area contributed by atoms with Crippen molar-refractivity contribution in [1.29, 1.82) is 0 Å². The van der Waals surface area contributed by atoms with E-state index < -0.39 is 12.0 Å². The number of esters is 1. The van der Waals surface area contributed by atoms with Gasteiger partial charge >= 0.3 is 5.97 Å². The predicted octanol–water partition coefficient (Wildman–Crippen LogP) is 6.76. The fourth-order valence-corrected chi connectivity index (χ4v) is 6.88. The van der Waals surface area contributed by atoms with Gasteiger partial charge in [0, 0.05) is 44.3 Å². The van der Waals surface area contributed by atoms with E-state index in [-0.39, 0.29) is 12.2 Å². The lowest BCUT2D eigenvalue weighted by Gasteiger charge is -2.24. The Kier molecular flexibility index (Phi) is 7.85. The number of thiazole rings is 1. The van der Waals surface area contributed by atoms with Gasteiger partial charge in [0.2, 0.25) is 0 Å². The van der Waals surface area contributed by atoms with E-state index in [0.717, 1.165) is 27.6 Å². The highest BCUT2D eigenvalue weighted by Gasteiger charge is 2.33. The molecule has 0 saturated carbocycles. The summed E-state index contributed by atoms with van der Waals surface area (Å²) in [5.41, 5.74) is 4.14. The van der Waals surface area contributed by atoms with Gasteiger partial charge in [-0.15, -0.1) is 0 Å². The SMILES string of the molecule is CCOC(=O)C1=C(C)N=c2s/c(=C\c3cn(Cc4ccc(Cl)cc4Cl)c4ccccc34)c(=O)n2[C@@H]1c1ccc(Cl)cc1. The van der Waals surface area contributed by atoms with E-state index in [4.69, 9.17) is 39.5 Å². The highest BCUT2D eigenvalue weighted by atomic mass is 35.5. The normalized spacial score (nSPS) is 15.2. The number of hydrogen-bond acceptors (Lipinski definition) is 5. The van der Waals surface area contributed by atoms with E-state index in [2.05, 4.69) is 9.56 Å². The van der Waals surface area contributed by atoms with Gasteiger partial charge in [-0.3, -0.25) is 9.36 Å². The molecule has 5 aromatic rings. The van der Waals surface area contributed by atoms with Gasteiger partial charge in [0.15, 0.2) is 4.80 Å². The lowest BCUT2D eigenvalue weighted by Crippen LogP contribution is -2.39. The first-order valence-corrected chi connectivity index (χ1v) is 15.2. The molecule has 42 heavy (non-hydrogen) atoms. The van der Waals surface area contributed by atoms with E-state index in [0.29, 0.717) is 42.2 Å². The molecule has 1 aliphatic rings. The second-order valence-electron chi connectivity index (χ2n) is 9.82. The van der Waals surface area contributed by atoms with Gasteiger partial charge < -0.3 is 9.30 Å². The molecule has 10 heteroatoms. The quantitative estimate of drug-likeness (QED) is 0.194.